The molecule has 0 aliphatic carbocycles. The fourth-order valence-electron chi connectivity index (χ4n) is 3.27. The number of nitrogens with zero attached hydrogens (tertiary/aromatic N) is 3. The molecule has 10 nitrogen and oxygen atoms in total. The molecule has 0 N–H and O–H groups in total. The van der Waals surface area contributed by atoms with Crippen LogP contribution in [0.4, 0.5) is 0 Å². The predicted octanol–water partition coefficient (Wildman–Crippen LogP) is 5.08. The first-order valence-electron chi connectivity index (χ1n) is 12.3. The molecule has 33 heavy (non-hydrogen) atoms. The summed E-state index contributed by atoms with van der Waals surface area (Å²) in [6, 6.07) is 0. The molecular weight excluding hydrogens is 430 g/mol. The second kappa shape index (κ2) is 23.1. The number of ether oxygens (including phenoxy) is 1. The number of allylic oxidation sites excluding steroid dienone is 1. The Labute approximate surface area is 200 Å². The van der Waals surface area contributed by atoms with Crippen LogP contribution in [0.15, 0.2) is 12.2 Å². The van der Waals surface area contributed by atoms with E-state index in [0.717, 1.165) is 58.4 Å². The maximum atomic E-state index is 11.8. The van der Waals surface area contributed by atoms with Crippen LogP contribution in [0.5, 0.6) is 0 Å². The highest BCUT2D eigenvalue weighted by atomic mass is 16.9. The van der Waals surface area contributed by atoms with Crippen molar-refractivity contribution in [3.8, 4) is 0 Å². The molecule has 0 heterocycles. The van der Waals surface area contributed by atoms with Crippen molar-refractivity contribution in [2.45, 2.75) is 96.2 Å². The van der Waals surface area contributed by atoms with Gasteiger partial charge in [0.15, 0.2) is 0 Å². The van der Waals surface area contributed by atoms with Crippen LogP contribution in [0.2, 0.25) is 0 Å². The van der Waals surface area contributed by atoms with Crippen LogP contribution in [-0.2, 0) is 19.2 Å². The Morgan fingerprint density at radius 3 is 2.09 bits per heavy atom. The molecule has 0 aromatic heterocycles. The van der Waals surface area contributed by atoms with Gasteiger partial charge >= 0.3 is 0 Å². The van der Waals surface area contributed by atoms with Gasteiger partial charge in [0, 0.05) is 13.7 Å². The third kappa shape index (κ3) is 22.9. The van der Waals surface area contributed by atoms with Crippen molar-refractivity contribution in [2.24, 2.45) is 0 Å². The molecule has 0 radical (unpaired) electrons. The quantitative estimate of drug-likeness (QED) is 0.106. The van der Waals surface area contributed by atoms with Crippen molar-refractivity contribution < 1.29 is 19.2 Å². The summed E-state index contributed by atoms with van der Waals surface area (Å²) in [7, 11) is 4.12. The molecule has 0 spiro atoms. The number of hydrogen-bond donors (Lipinski definition) is 0. The molecule has 0 saturated carbocycles. The normalized spacial score (nSPS) is 14.2. The smallest absolute Gasteiger partial charge is 0.128 e. The van der Waals surface area contributed by atoms with E-state index in [0.29, 0.717) is 11.3 Å². The van der Waals surface area contributed by atoms with Gasteiger partial charge in [-0.1, -0.05) is 64.0 Å². The Balaban J connectivity index is 3.71. The molecule has 0 bridgehead atoms. The lowest BCUT2D eigenvalue weighted by atomic mass is 10.1. The molecule has 2 unspecified atom stereocenters. The SMILES string of the molecule is CCCCCCC(C/C=C\CCCCCCCN([O-])OCC(CON(C)[O-])ON(C)[O-])OC. The number of hydroxylamine groups is 6. The van der Waals surface area contributed by atoms with Gasteiger partial charge in [-0.05, 0) is 46.2 Å². The first-order valence-corrected chi connectivity index (χ1v) is 12.3. The largest absolute Gasteiger partial charge is 0.762 e. The molecule has 0 aliphatic rings. The molecule has 0 aromatic rings. The zero-order valence-electron chi connectivity index (χ0n) is 21.1. The summed E-state index contributed by atoms with van der Waals surface area (Å²) < 4.78 is 5.56. The van der Waals surface area contributed by atoms with Crippen molar-refractivity contribution in [1.29, 1.82) is 0 Å². The first kappa shape index (κ1) is 32.3. The zero-order valence-corrected chi connectivity index (χ0v) is 21.1. The standard InChI is InChI=1S/C23H46N3O7/c1-5-6-7-14-17-22(30-4)18-15-12-10-8-9-11-13-16-19-26(29)32-21-23(33-25(3)28)20-31-24(2)27/h12,15,22-23H,5-11,13-14,16-21H2,1-4H3/q-3/b15-12-. The van der Waals surface area contributed by atoms with Crippen molar-refractivity contribution >= 4 is 0 Å². The molecule has 2 atom stereocenters. The highest BCUT2D eigenvalue weighted by Crippen LogP contribution is 2.12. The molecule has 0 aromatic carbocycles. The van der Waals surface area contributed by atoms with Crippen LogP contribution in [-0.4, -0.2) is 68.9 Å². The summed E-state index contributed by atoms with van der Waals surface area (Å²) in [5.74, 6) is 0. The van der Waals surface area contributed by atoms with Crippen molar-refractivity contribution in [2.75, 3.05) is 41.0 Å². The summed E-state index contributed by atoms with van der Waals surface area (Å²) in [6.07, 6.45) is 17.2. The third-order valence-corrected chi connectivity index (χ3v) is 5.13. The van der Waals surface area contributed by atoms with Gasteiger partial charge in [0.2, 0.25) is 0 Å². The van der Waals surface area contributed by atoms with Crippen LogP contribution in [0.3, 0.4) is 0 Å². The van der Waals surface area contributed by atoms with E-state index in [9.17, 15) is 15.6 Å². The number of rotatable bonds is 24. The highest BCUT2D eigenvalue weighted by molar-refractivity contribution is 4.84. The van der Waals surface area contributed by atoms with Crippen LogP contribution >= 0.6 is 0 Å². The highest BCUT2D eigenvalue weighted by Gasteiger charge is 2.12. The molecule has 0 fully saturated rings. The fourth-order valence-corrected chi connectivity index (χ4v) is 3.27. The Kier molecular flexibility index (Phi) is 22.6. The fraction of sp³-hybridized carbons (Fsp3) is 0.913. The van der Waals surface area contributed by atoms with Gasteiger partial charge in [-0.25, -0.2) is 0 Å². The van der Waals surface area contributed by atoms with Gasteiger partial charge < -0.3 is 34.9 Å². The maximum Gasteiger partial charge on any atom is 0.128 e. The third-order valence-electron chi connectivity index (χ3n) is 5.13. The van der Waals surface area contributed by atoms with E-state index in [-0.39, 0.29) is 30.2 Å². The van der Waals surface area contributed by atoms with Crippen molar-refractivity contribution in [1.82, 2.24) is 15.7 Å². The molecule has 198 valence electrons. The Morgan fingerprint density at radius 1 is 0.758 bits per heavy atom. The molecule has 0 rings (SSSR count). The summed E-state index contributed by atoms with van der Waals surface area (Å²) in [5, 5.41) is 34.5. The van der Waals surface area contributed by atoms with Gasteiger partial charge in [0.1, 0.15) is 6.10 Å². The minimum Gasteiger partial charge on any atom is -0.762 e. The summed E-state index contributed by atoms with van der Waals surface area (Å²) in [5.41, 5.74) is 0. The van der Waals surface area contributed by atoms with Gasteiger partial charge in [0.05, 0.1) is 19.3 Å². The molecular formula is C23H46N3O7-3. The topological polar surface area (TPSA) is 116 Å². The lowest BCUT2D eigenvalue weighted by Gasteiger charge is -2.33. The Hall–Kier alpha value is -0.660. The van der Waals surface area contributed by atoms with Gasteiger partial charge in [-0.3, -0.25) is 15.7 Å². The number of methoxy groups -OCH3 is 1. The minimum atomic E-state index is -0.853. The van der Waals surface area contributed by atoms with E-state index in [4.69, 9.17) is 19.2 Å². The van der Waals surface area contributed by atoms with E-state index in [1.807, 2.05) is 0 Å². The minimum absolute atomic E-state index is 0.182. The first-order chi connectivity index (χ1) is 15.9. The predicted molar refractivity (Wildman–Crippen MR) is 130 cm³/mol. The molecule has 10 heteroatoms. The van der Waals surface area contributed by atoms with E-state index in [1.54, 1.807) is 7.11 Å². The van der Waals surface area contributed by atoms with E-state index < -0.39 is 6.10 Å². The van der Waals surface area contributed by atoms with Crippen molar-refractivity contribution in [3.05, 3.63) is 27.8 Å². The summed E-state index contributed by atoms with van der Waals surface area (Å²) in [6.45, 7) is 2.08. The lowest BCUT2D eigenvalue weighted by molar-refractivity contribution is -0.240. The number of unbranched alkanes of at least 4 members (excludes halogenated alkanes) is 8. The van der Waals surface area contributed by atoms with Gasteiger partial charge in [0.25, 0.3) is 0 Å². The lowest BCUT2D eigenvalue weighted by Crippen LogP contribution is -2.35. The number of hydrogen-bond acceptors (Lipinski definition) is 10. The van der Waals surface area contributed by atoms with E-state index in [1.165, 1.54) is 32.7 Å². The zero-order chi connectivity index (χ0) is 24.7. The van der Waals surface area contributed by atoms with Crippen LogP contribution in [0.1, 0.15) is 84.0 Å². The maximum absolute atomic E-state index is 11.8. The average Bonchev–Trinajstić information content (AvgIpc) is 2.77. The van der Waals surface area contributed by atoms with Crippen LogP contribution < -0.4 is 0 Å². The molecule has 0 saturated heterocycles. The van der Waals surface area contributed by atoms with E-state index in [2.05, 4.69) is 19.1 Å². The molecule has 0 aliphatic heterocycles. The van der Waals surface area contributed by atoms with Gasteiger partial charge in [-0.15, -0.1) is 0 Å². The Bertz CT molecular complexity index is 442. The summed E-state index contributed by atoms with van der Waals surface area (Å²) in [4.78, 5) is 14.6. The average molecular weight is 477 g/mol. The second-order valence-electron chi connectivity index (χ2n) is 8.23. The molecule has 0 amide bonds. The van der Waals surface area contributed by atoms with E-state index >= 15 is 0 Å². The van der Waals surface area contributed by atoms with Crippen LogP contribution in [0.25, 0.3) is 0 Å². The summed E-state index contributed by atoms with van der Waals surface area (Å²) >= 11 is 0. The second-order valence-corrected chi connectivity index (χ2v) is 8.23. The van der Waals surface area contributed by atoms with Gasteiger partial charge in [-0.2, -0.15) is 0 Å². The van der Waals surface area contributed by atoms with Crippen molar-refractivity contribution in [3.63, 3.8) is 0 Å². The monoisotopic (exact) mass is 476 g/mol. The Morgan fingerprint density at radius 2 is 1.42 bits per heavy atom. The van der Waals surface area contributed by atoms with Crippen LogP contribution in [0, 0.1) is 15.6 Å².